The highest BCUT2D eigenvalue weighted by Gasteiger charge is 2.36. The second-order valence-corrected chi connectivity index (χ2v) is 2.76. The Balaban J connectivity index is 2.68. The normalized spacial score (nSPS) is 22.9. The number of amides is 2. The van der Waals surface area contributed by atoms with Crippen LogP contribution in [0.5, 0.6) is 0 Å². The van der Waals surface area contributed by atoms with Crippen LogP contribution in [0.1, 0.15) is 13.3 Å². The summed E-state index contributed by atoms with van der Waals surface area (Å²) in [5, 5.41) is 8.54. The Kier molecular flexibility index (Phi) is 2.12. The molecule has 1 fully saturated rings. The molecule has 66 valence electrons. The minimum absolute atomic E-state index is 0.0174. The van der Waals surface area contributed by atoms with Crippen molar-refractivity contribution in [2.24, 2.45) is 5.92 Å². The van der Waals surface area contributed by atoms with Crippen molar-refractivity contribution in [3.8, 4) is 0 Å². The summed E-state index contributed by atoms with van der Waals surface area (Å²) in [5.41, 5.74) is 0. The zero-order chi connectivity index (χ0) is 9.30. The number of hydrogen-bond acceptors (Lipinski definition) is 3. The van der Waals surface area contributed by atoms with Crippen LogP contribution in [-0.4, -0.2) is 34.3 Å². The van der Waals surface area contributed by atoms with Crippen molar-refractivity contribution in [1.82, 2.24) is 4.90 Å². The lowest BCUT2D eigenvalue weighted by molar-refractivity contribution is -0.141. The summed E-state index contributed by atoms with van der Waals surface area (Å²) >= 11 is 0. The van der Waals surface area contributed by atoms with Crippen LogP contribution in [-0.2, 0) is 14.4 Å². The molecule has 1 aliphatic heterocycles. The molecule has 12 heavy (non-hydrogen) atoms. The summed E-state index contributed by atoms with van der Waals surface area (Å²) in [7, 11) is 0. The van der Waals surface area contributed by atoms with Gasteiger partial charge < -0.3 is 5.11 Å². The molecule has 1 aliphatic rings. The molecule has 0 radical (unpaired) electrons. The average molecular weight is 171 g/mol. The van der Waals surface area contributed by atoms with E-state index in [2.05, 4.69) is 0 Å². The van der Waals surface area contributed by atoms with Crippen molar-refractivity contribution >= 4 is 17.8 Å². The summed E-state index contributed by atoms with van der Waals surface area (Å²) in [6, 6.07) is 0. The van der Waals surface area contributed by atoms with Gasteiger partial charge in [-0.1, -0.05) is 0 Å². The van der Waals surface area contributed by atoms with E-state index in [4.69, 9.17) is 5.11 Å². The number of carbonyl (C=O) groups excluding carboxylic acids is 2. The Morgan fingerprint density at radius 2 is 2.17 bits per heavy atom. The fraction of sp³-hybridized carbons (Fsp3) is 0.571. The van der Waals surface area contributed by atoms with E-state index >= 15 is 0 Å². The fourth-order valence-electron chi connectivity index (χ4n) is 1.18. The van der Waals surface area contributed by atoms with Gasteiger partial charge in [0.15, 0.2) is 0 Å². The molecule has 1 atom stereocenters. The Bertz CT molecular complexity index is 248. The molecule has 0 aromatic carbocycles. The molecule has 0 saturated carbocycles. The van der Waals surface area contributed by atoms with Crippen LogP contribution in [0.2, 0.25) is 0 Å². The highest BCUT2D eigenvalue weighted by Crippen LogP contribution is 2.17. The van der Waals surface area contributed by atoms with E-state index in [0.717, 1.165) is 4.90 Å². The van der Waals surface area contributed by atoms with Gasteiger partial charge in [0.1, 0.15) is 0 Å². The van der Waals surface area contributed by atoms with Crippen molar-refractivity contribution in [3.05, 3.63) is 0 Å². The summed E-state index contributed by atoms with van der Waals surface area (Å²) in [6.45, 7) is 1.27. The number of imide groups is 1. The molecule has 1 rings (SSSR count). The van der Waals surface area contributed by atoms with Crippen LogP contribution in [0.25, 0.3) is 0 Å². The van der Waals surface area contributed by atoms with E-state index in [0.29, 0.717) is 0 Å². The first-order valence-corrected chi connectivity index (χ1v) is 3.56. The molecule has 5 heteroatoms. The fourth-order valence-corrected chi connectivity index (χ4v) is 1.18. The van der Waals surface area contributed by atoms with Crippen molar-refractivity contribution in [2.75, 3.05) is 6.54 Å². The van der Waals surface area contributed by atoms with Gasteiger partial charge in [0.25, 0.3) is 0 Å². The lowest BCUT2D eigenvalue weighted by Crippen LogP contribution is -2.30. The predicted octanol–water partition coefficient (Wildman–Crippen LogP) is -0.534. The molecule has 1 N–H and O–H groups in total. The zero-order valence-corrected chi connectivity index (χ0v) is 6.61. The van der Waals surface area contributed by atoms with E-state index in [9.17, 15) is 14.4 Å². The summed E-state index contributed by atoms with van der Waals surface area (Å²) < 4.78 is 0. The van der Waals surface area contributed by atoms with E-state index in [1.807, 2.05) is 0 Å². The molecule has 2 amide bonds. The molecule has 1 saturated heterocycles. The number of rotatable bonds is 1. The van der Waals surface area contributed by atoms with Gasteiger partial charge in [-0.2, -0.15) is 0 Å². The number of carboxylic acids is 1. The third kappa shape index (κ3) is 1.44. The third-order valence-electron chi connectivity index (χ3n) is 1.85. The molecule has 1 unspecified atom stereocenters. The van der Waals surface area contributed by atoms with Crippen LogP contribution in [0.15, 0.2) is 0 Å². The number of hydrogen-bond donors (Lipinski definition) is 1. The first kappa shape index (κ1) is 8.70. The summed E-state index contributed by atoms with van der Waals surface area (Å²) in [5.74, 6) is -2.52. The molecule has 1 heterocycles. The van der Waals surface area contributed by atoms with Gasteiger partial charge in [-0.05, 0) is 0 Å². The predicted molar refractivity (Wildman–Crippen MR) is 38.1 cm³/mol. The highest BCUT2D eigenvalue weighted by atomic mass is 16.4. The van der Waals surface area contributed by atoms with Crippen LogP contribution in [0.4, 0.5) is 0 Å². The van der Waals surface area contributed by atoms with Crippen molar-refractivity contribution in [1.29, 1.82) is 0 Å². The minimum atomic E-state index is -1.02. The van der Waals surface area contributed by atoms with Crippen molar-refractivity contribution in [3.63, 3.8) is 0 Å². The Labute approximate surface area is 69.0 Å². The Hall–Kier alpha value is -1.39. The number of aliphatic carboxylic acids is 1. The first-order chi connectivity index (χ1) is 5.52. The van der Waals surface area contributed by atoms with Gasteiger partial charge in [-0.15, -0.1) is 0 Å². The van der Waals surface area contributed by atoms with E-state index in [-0.39, 0.29) is 18.9 Å². The van der Waals surface area contributed by atoms with Crippen LogP contribution >= 0.6 is 0 Å². The summed E-state index contributed by atoms with van der Waals surface area (Å²) in [4.78, 5) is 33.1. The molecule has 0 bridgehead atoms. The zero-order valence-electron chi connectivity index (χ0n) is 6.61. The van der Waals surface area contributed by atoms with Crippen molar-refractivity contribution in [2.45, 2.75) is 13.3 Å². The van der Waals surface area contributed by atoms with E-state index in [1.165, 1.54) is 6.92 Å². The van der Waals surface area contributed by atoms with Gasteiger partial charge in [-0.25, -0.2) is 0 Å². The first-order valence-electron chi connectivity index (χ1n) is 3.56. The van der Waals surface area contributed by atoms with Crippen LogP contribution in [0, 0.1) is 5.92 Å². The average Bonchev–Trinajstić information content (AvgIpc) is 2.30. The Morgan fingerprint density at radius 3 is 2.42 bits per heavy atom. The van der Waals surface area contributed by atoms with E-state index < -0.39 is 17.8 Å². The number of carbonyl (C=O) groups is 3. The van der Waals surface area contributed by atoms with Gasteiger partial charge in [-0.3, -0.25) is 19.3 Å². The number of likely N-dealkylation sites (tertiary alicyclic amines) is 1. The third-order valence-corrected chi connectivity index (χ3v) is 1.85. The number of carboxylic acid groups (broad SMARTS) is 1. The lowest BCUT2D eigenvalue weighted by Gasteiger charge is -2.09. The molecule has 0 spiro atoms. The van der Waals surface area contributed by atoms with Crippen LogP contribution < -0.4 is 0 Å². The minimum Gasteiger partial charge on any atom is -0.481 e. The van der Waals surface area contributed by atoms with Crippen LogP contribution in [0.3, 0.4) is 0 Å². The highest BCUT2D eigenvalue weighted by molar-refractivity contribution is 5.98. The maximum absolute atomic E-state index is 11.0. The maximum atomic E-state index is 11.0. The topological polar surface area (TPSA) is 74.7 Å². The van der Waals surface area contributed by atoms with Gasteiger partial charge >= 0.3 is 5.97 Å². The van der Waals surface area contributed by atoms with Gasteiger partial charge in [0, 0.05) is 19.9 Å². The lowest BCUT2D eigenvalue weighted by atomic mass is 10.1. The summed E-state index contributed by atoms with van der Waals surface area (Å²) in [6.07, 6.45) is -0.0606. The quantitative estimate of drug-likeness (QED) is 0.575. The maximum Gasteiger partial charge on any atom is 0.308 e. The second kappa shape index (κ2) is 2.92. The largest absolute Gasteiger partial charge is 0.481 e. The van der Waals surface area contributed by atoms with Gasteiger partial charge in [0.05, 0.1) is 5.92 Å². The molecule has 0 aromatic heterocycles. The monoisotopic (exact) mass is 171 g/mol. The SMILES string of the molecule is CC(=O)N1CC(C(=O)O)CC1=O. The van der Waals surface area contributed by atoms with E-state index in [1.54, 1.807) is 0 Å². The molecule has 0 aromatic rings. The van der Waals surface area contributed by atoms with Gasteiger partial charge in [0.2, 0.25) is 11.8 Å². The second-order valence-electron chi connectivity index (χ2n) is 2.76. The molecule has 0 aliphatic carbocycles. The van der Waals surface area contributed by atoms with Crippen molar-refractivity contribution < 1.29 is 19.5 Å². The Morgan fingerprint density at radius 1 is 1.58 bits per heavy atom. The molecular formula is C7H9NO4. The number of nitrogens with zero attached hydrogens (tertiary/aromatic N) is 1. The smallest absolute Gasteiger partial charge is 0.308 e. The standard InChI is InChI=1S/C7H9NO4/c1-4(9)8-3-5(7(11)12)2-6(8)10/h5H,2-3H2,1H3,(H,11,12). The molecular weight excluding hydrogens is 162 g/mol. The molecule has 5 nitrogen and oxygen atoms in total.